The van der Waals surface area contributed by atoms with Gasteiger partial charge in [0.1, 0.15) is 5.78 Å². The summed E-state index contributed by atoms with van der Waals surface area (Å²) in [5.74, 6) is 0.134. The van der Waals surface area contributed by atoms with Crippen LogP contribution >= 0.6 is 11.8 Å². The summed E-state index contributed by atoms with van der Waals surface area (Å²) >= 11 is 1.33. The van der Waals surface area contributed by atoms with Crippen LogP contribution in [0.4, 0.5) is 0 Å². The van der Waals surface area contributed by atoms with E-state index in [9.17, 15) is 4.79 Å². The minimum Gasteiger partial charge on any atom is -0.299 e. The lowest BCUT2D eigenvalue weighted by atomic mass is 10.3. The molecule has 0 saturated carbocycles. The van der Waals surface area contributed by atoms with Gasteiger partial charge in [0.05, 0.1) is 10.3 Å². The summed E-state index contributed by atoms with van der Waals surface area (Å²) in [6.07, 6.45) is 0. The zero-order valence-electron chi connectivity index (χ0n) is 6.26. The third kappa shape index (κ3) is 3.45. The molecule has 0 spiro atoms. The maximum absolute atomic E-state index is 10.7. The Labute approximate surface area is 65.4 Å². The van der Waals surface area contributed by atoms with E-state index in [0.29, 0.717) is 5.03 Å². The minimum absolute atomic E-state index is 0.0574. The SMILES string of the molecule is C=NC(=C)SC(C)C(C)=O. The third-order valence-electron chi connectivity index (χ3n) is 1.06. The van der Waals surface area contributed by atoms with Crippen molar-refractivity contribution in [2.45, 2.75) is 19.1 Å². The molecular formula is C7H11NOS. The fourth-order valence-electron chi connectivity index (χ4n) is 0.324. The van der Waals surface area contributed by atoms with Gasteiger partial charge in [0.15, 0.2) is 0 Å². The summed E-state index contributed by atoms with van der Waals surface area (Å²) in [6.45, 7) is 10.2. The molecule has 0 N–H and O–H groups in total. The van der Waals surface area contributed by atoms with E-state index >= 15 is 0 Å². The fourth-order valence-corrected chi connectivity index (χ4v) is 0.973. The highest BCUT2D eigenvalue weighted by Gasteiger charge is 2.08. The number of aliphatic imine (C=N–C) groups is 1. The Morgan fingerprint density at radius 1 is 1.70 bits per heavy atom. The smallest absolute Gasteiger partial charge is 0.142 e. The standard InChI is InChI=1S/C7H11NOS/c1-5(9)6(2)10-7(3)8-4/h6H,3-4H2,1-2H3. The molecule has 0 aromatic carbocycles. The summed E-state index contributed by atoms with van der Waals surface area (Å²) in [4.78, 5) is 14.2. The van der Waals surface area contributed by atoms with Crippen molar-refractivity contribution in [2.75, 3.05) is 0 Å². The first-order valence-corrected chi connectivity index (χ1v) is 3.78. The van der Waals surface area contributed by atoms with Crippen molar-refractivity contribution in [3.63, 3.8) is 0 Å². The van der Waals surface area contributed by atoms with E-state index in [1.807, 2.05) is 6.92 Å². The summed E-state index contributed by atoms with van der Waals surface area (Å²) in [5, 5.41) is 0.542. The average molecular weight is 157 g/mol. The number of Topliss-reactive ketones (excluding diaryl/α,β-unsaturated/α-hetero) is 1. The van der Waals surface area contributed by atoms with E-state index in [0.717, 1.165) is 0 Å². The maximum Gasteiger partial charge on any atom is 0.142 e. The molecule has 0 saturated heterocycles. The molecule has 56 valence electrons. The van der Waals surface area contributed by atoms with Crippen molar-refractivity contribution < 1.29 is 4.79 Å². The lowest BCUT2D eigenvalue weighted by Crippen LogP contribution is -2.07. The second-order valence-electron chi connectivity index (χ2n) is 1.92. The van der Waals surface area contributed by atoms with Gasteiger partial charge < -0.3 is 0 Å². The van der Waals surface area contributed by atoms with Crippen molar-refractivity contribution in [1.29, 1.82) is 0 Å². The minimum atomic E-state index is -0.0574. The van der Waals surface area contributed by atoms with Crippen LogP contribution in [0.2, 0.25) is 0 Å². The van der Waals surface area contributed by atoms with Gasteiger partial charge in [-0.2, -0.15) is 0 Å². The van der Waals surface area contributed by atoms with E-state index in [1.54, 1.807) is 6.92 Å². The first-order chi connectivity index (χ1) is 4.57. The largest absolute Gasteiger partial charge is 0.299 e. The fraction of sp³-hybridized carbons (Fsp3) is 0.429. The van der Waals surface area contributed by atoms with E-state index in [-0.39, 0.29) is 11.0 Å². The Bertz CT molecular complexity index is 165. The molecule has 0 aromatic rings. The van der Waals surface area contributed by atoms with Crippen LogP contribution in [-0.2, 0) is 4.79 Å². The molecule has 10 heavy (non-hydrogen) atoms. The Balaban J connectivity index is 3.79. The second-order valence-corrected chi connectivity index (χ2v) is 3.34. The third-order valence-corrected chi connectivity index (χ3v) is 2.15. The first kappa shape index (κ1) is 9.43. The van der Waals surface area contributed by atoms with Crippen LogP contribution in [0.15, 0.2) is 16.6 Å². The Hall–Kier alpha value is -0.570. The summed E-state index contributed by atoms with van der Waals surface area (Å²) in [6, 6.07) is 0. The van der Waals surface area contributed by atoms with Gasteiger partial charge in [-0.3, -0.25) is 9.79 Å². The van der Waals surface area contributed by atoms with Crippen LogP contribution in [-0.4, -0.2) is 17.8 Å². The molecule has 0 heterocycles. The molecule has 0 radical (unpaired) electrons. The molecule has 0 amide bonds. The molecule has 0 fully saturated rings. The number of carbonyl (C=O) groups is 1. The van der Waals surface area contributed by atoms with Crippen molar-refractivity contribution >= 4 is 24.3 Å². The van der Waals surface area contributed by atoms with Crippen molar-refractivity contribution in [2.24, 2.45) is 4.99 Å². The van der Waals surface area contributed by atoms with E-state index in [1.165, 1.54) is 11.8 Å². The highest BCUT2D eigenvalue weighted by molar-refractivity contribution is 8.04. The summed E-state index contributed by atoms with van der Waals surface area (Å²) in [7, 11) is 0. The second kappa shape index (κ2) is 4.28. The van der Waals surface area contributed by atoms with Gasteiger partial charge >= 0.3 is 0 Å². The van der Waals surface area contributed by atoms with Gasteiger partial charge in [-0.25, -0.2) is 0 Å². The number of nitrogens with zero attached hydrogens (tertiary/aromatic N) is 1. The number of hydrogen-bond acceptors (Lipinski definition) is 3. The highest BCUT2D eigenvalue weighted by atomic mass is 32.2. The van der Waals surface area contributed by atoms with Crippen LogP contribution in [0.25, 0.3) is 0 Å². The number of ketones is 1. The highest BCUT2D eigenvalue weighted by Crippen LogP contribution is 2.20. The van der Waals surface area contributed by atoms with Gasteiger partial charge in [0.25, 0.3) is 0 Å². The van der Waals surface area contributed by atoms with Gasteiger partial charge in [-0.05, 0) is 20.6 Å². The molecule has 0 aliphatic carbocycles. The molecule has 0 aliphatic rings. The van der Waals surface area contributed by atoms with E-state index in [4.69, 9.17) is 0 Å². The maximum atomic E-state index is 10.7. The zero-order chi connectivity index (χ0) is 8.15. The molecule has 0 bridgehead atoms. The average Bonchev–Trinajstić information content (AvgIpc) is 1.87. The Morgan fingerprint density at radius 2 is 2.20 bits per heavy atom. The van der Waals surface area contributed by atoms with Crippen molar-refractivity contribution in [3.8, 4) is 0 Å². The quantitative estimate of drug-likeness (QED) is 0.583. The number of thioether (sulfide) groups is 1. The molecular weight excluding hydrogens is 146 g/mol. The number of hydrogen-bond donors (Lipinski definition) is 0. The topological polar surface area (TPSA) is 29.4 Å². The summed E-state index contributed by atoms with van der Waals surface area (Å²) in [5.41, 5.74) is 0. The van der Waals surface area contributed by atoms with Gasteiger partial charge in [-0.15, -0.1) is 0 Å². The predicted molar refractivity (Wildman–Crippen MR) is 46.4 cm³/mol. The molecule has 0 rings (SSSR count). The predicted octanol–water partition coefficient (Wildman–Crippen LogP) is 1.87. The zero-order valence-corrected chi connectivity index (χ0v) is 7.07. The number of rotatable bonds is 4. The van der Waals surface area contributed by atoms with Crippen molar-refractivity contribution in [1.82, 2.24) is 0 Å². The van der Waals surface area contributed by atoms with Crippen LogP contribution in [0.5, 0.6) is 0 Å². The molecule has 0 aliphatic heterocycles. The molecule has 1 atom stereocenters. The van der Waals surface area contributed by atoms with Crippen LogP contribution in [0.3, 0.4) is 0 Å². The van der Waals surface area contributed by atoms with Crippen LogP contribution in [0, 0.1) is 0 Å². The molecule has 2 nitrogen and oxygen atoms in total. The first-order valence-electron chi connectivity index (χ1n) is 2.90. The molecule has 1 unspecified atom stereocenters. The van der Waals surface area contributed by atoms with E-state index < -0.39 is 0 Å². The van der Waals surface area contributed by atoms with Crippen LogP contribution < -0.4 is 0 Å². The monoisotopic (exact) mass is 157 g/mol. The molecule has 3 heteroatoms. The molecule has 0 aromatic heterocycles. The Kier molecular flexibility index (Phi) is 4.03. The lowest BCUT2D eigenvalue weighted by Gasteiger charge is -2.04. The van der Waals surface area contributed by atoms with E-state index in [2.05, 4.69) is 18.3 Å². The van der Waals surface area contributed by atoms with Gasteiger partial charge in [0.2, 0.25) is 0 Å². The Morgan fingerprint density at radius 3 is 2.50 bits per heavy atom. The lowest BCUT2D eigenvalue weighted by molar-refractivity contribution is -0.116. The van der Waals surface area contributed by atoms with Gasteiger partial charge in [0, 0.05) is 0 Å². The normalized spacial score (nSPS) is 12.2. The number of carbonyl (C=O) groups excluding carboxylic acids is 1. The van der Waals surface area contributed by atoms with Crippen molar-refractivity contribution in [3.05, 3.63) is 11.6 Å². The van der Waals surface area contributed by atoms with Crippen LogP contribution in [0.1, 0.15) is 13.8 Å². The summed E-state index contributed by atoms with van der Waals surface area (Å²) < 4.78 is 0. The van der Waals surface area contributed by atoms with Gasteiger partial charge in [-0.1, -0.05) is 18.3 Å².